The number of anilines is 1. The second-order valence-electron chi connectivity index (χ2n) is 7.95. The van der Waals surface area contributed by atoms with Gasteiger partial charge >= 0.3 is 0 Å². The van der Waals surface area contributed by atoms with Gasteiger partial charge in [-0.3, -0.25) is 9.59 Å². The maximum absolute atomic E-state index is 13.2. The fourth-order valence-corrected chi connectivity index (χ4v) is 4.98. The highest BCUT2D eigenvalue weighted by atomic mass is 32.2. The van der Waals surface area contributed by atoms with E-state index in [2.05, 4.69) is 16.4 Å². The molecule has 172 valence electrons. The van der Waals surface area contributed by atoms with Crippen LogP contribution in [0.2, 0.25) is 0 Å². The molecule has 1 N–H and O–H groups in total. The fraction of sp³-hybridized carbons (Fsp3) is 0.320. The van der Waals surface area contributed by atoms with Crippen molar-refractivity contribution in [3.8, 4) is 11.5 Å². The molecular weight excluding hydrogens is 438 g/mol. The second kappa shape index (κ2) is 9.70. The van der Waals surface area contributed by atoms with Crippen LogP contribution in [-0.4, -0.2) is 29.2 Å². The fourth-order valence-electron chi connectivity index (χ4n) is 4.07. The molecule has 1 aromatic heterocycles. The molecule has 1 amide bonds. The van der Waals surface area contributed by atoms with Gasteiger partial charge in [-0.1, -0.05) is 47.7 Å². The van der Waals surface area contributed by atoms with Crippen LogP contribution < -0.4 is 20.3 Å². The predicted molar refractivity (Wildman–Crippen MR) is 129 cm³/mol. The highest BCUT2D eigenvalue weighted by molar-refractivity contribution is 7.98. The number of hydrogen-bond acceptors (Lipinski definition) is 6. The van der Waals surface area contributed by atoms with Crippen molar-refractivity contribution in [2.75, 3.05) is 19.0 Å². The first-order valence-corrected chi connectivity index (χ1v) is 11.8. The molecule has 0 saturated carbocycles. The van der Waals surface area contributed by atoms with Crippen LogP contribution in [-0.2, 0) is 17.6 Å². The quantitative estimate of drug-likeness (QED) is 0.415. The van der Waals surface area contributed by atoms with Crippen molar-refractivity contribution in [2.24, 2.45) is 7.05 Å². The molecular formula is C25H27N3O4S. The SMILES string of the molecule is CCOc1ccc([C@H]2CC(=O)Nc3c2c(=O)nc(SCc2cccc(C)c2)n3C)cc1OC. The summed E-state index contributed by atoms with van der Waals surface area (Å²) in [7, 11) is 3.40. The van der Waals surface area contributed by atoms with Crippen molar-refractivity contribution in [3.63, 3.8) is 0 Å². The lowest BCUT2D eigenvalue weighted by Gasteiger charge is -2.28. The van der Waals surface area contributed by atoms with Crippen molar-refractivity contribution < 1.29 is 14.3 Å². The molecule has 0 radical (unpaired) electrons. The number of benzene rings is 2. The summed E-state index contributed by atoms with van der Waals surface area (Å²) in [6.45, 7) is 4.46. The van der Waals surface area contributed by atoms with Gasteiger partial charge in [0, 0.05) is 25.1 Å². The van der Waals surface area contributed by atoms with E-state index >= 15 is 0 Å². The monoisotopic (exact) mass is 465 g/mol. The zero-order valence-corrected chi connectivity index (χ0v) is 20.0. The minimum Gasteiger partial charge on any atom is -0.493 e. The predicted octanol–water partition coefficient (Wildman–Crippen LogP) is 4.26. The Kier molecular flexibility index (Phi) is 6.74. The standard InChI is InChI=1S/C25H27N3O4S/c1-5-32-19-10-9-17(12-20(19)31-4)18-13-21(29)26-23-22(18)24(30)27-25(28(23)3)33-14-16-8-6-7-15(2)11-16/h6-12,18H,5,13-14H2,1-4H3,(H,26,29)/t18-/m1/s1. The van der Waals surface area contributed by atoms with Gasteiger partial charge in [0.25, 0.3) is 5.56 Å². The van der Waals surface area contributed by atoms with E-state index in [1.54, 1.807) is 11.7 Å². The number of carbonyl (C=O) groups excluding carboxylic acids is 1. The van der Waals surface area contributed by atoms with E-state index in [0.717, 1.165) is 11.1 Å². The first-order valence-electron chi connectivity index (χ1n) is 10.8. The van der Waals surface area contributed by atoms with E-state index in [9.17, 15) is 9.59 Å². The van der Waals surface area contributed by atoms with E-state index in [1.807, 2.05) is 57.3 Å². The summed E-state index contributed by atoms with van der Waals surface area (Å²) in [5.74, 6) is 1.80. The minimum atomic E-state index is -0.416. The van der Waals surface area contributed by atoms with Gasteiger partial charge in [0.2, 0.25) is 5.91 Å². The molecule has 1 aliphatic rings. The molecule has 0 saturated heterocycles. The van der Waals surface area contributed by atoms with Crippen LogP contribution in [0.4, 0.5) is 5.82 Å². The van der Waals surface area contributed by atoms with E-state index in [1.165, 1.54) is 17.3 Å². The van der Waals surface area contributed by atoms with Crippen LogP contribution in [0, 0.1) is 6.92 Å². The lowest BCUT2D eigenvalue weighted by Crippen LogP contribution is -2.33. The Balaban J connectivity index is 1.71. The maximum atomic E-state index is 13.2. The maximum Gasteiger partial charge on any atom is 0.279 e. The average molecular weight is 466 g/mol. The number of rotatable bonds is 7. The number of fused-ring (bicyclic) bond motifs is 1. The number of aryl methyl sites for hydroxylation is 1. The highest BCUT2D eigenvalue weighted by Gasteiger charge is 2.32. The molecule has 0 fully saturated rings. The second-order valence-corrected chi connectivity index (χ2v) is 8.89. The van der Waals surface area contributed by atoms with E-state index in [4.69, 9.17) is 9.47 Å². The molecule has 1 aliphatic heterocycles. The number of thioether (sulfide) groups is 1. The van der Waals surface area contributed by atoms with Gasteiger partial charge in [-0.05, 0) is 37.1 Å². The van der Waals surface area contributed by atoms with Gasteiger partial charge < -0.3 is 19.4 Å². The number of carbonyl (C=O) groups is 1. The average Bonchev–Trinajstić information content (AvgIpc) is 2.80. The lowest BCUT2D eigenvalue weighted by atomic mass is 9.86. The Hall–Kier alpha value is -3.26. The van der Waals surface area contributed by atoms with Crippen molar-refractivity contribution in [1.29, 1.82) is 0 Å². The third-order valence-corrected chi connectivity index (χ3v) is 6.74. The van der Waals surface area contributed by atoms with Crippen molar-refractivity contribution in [2.45, 2.75) is 37.1 Å². The number of nitrogens with one attached hydrogen (secondary N) is 1. The molecule has 33 heavy (non-hydrogen) atoms. The summed E-state index contributed by atoms with van der Waals surface area (Å²) in [6, 6.07) is 13.7. The number of aromatic nitrogens is 2. The van der Waals surface area contributed by atoms with Gasteiger partial charge in [-0.2, -0.15) is 4.98 Å². The third-order valence-electron chi connectivity index (χ3n) is 5.64. The zero-order chi connectivity index (χ0) is 23.5. The molecule has 0 spiro atoms. The van der Waals surface area contributed by atoms with Crippen LogP contribution >= 0.6 is 11.8 Å². The first-order chi connectivity index (χ1) is 15.9. The van der Waals surface area contributed by atoms with Crippen molar-refractivity contribution in [3.05, 3.63) is 75.1 Å². The summed E-state index contributed by atoms with van der Waals surface area (Å²) in [5, 5.41) is 3.45. The van der Waals surface area contributed by atoms with Gasteiger partial charge in [0.05, 0.1) is 19.3 Å². The van der Waals surface area contributed by atoms with Crippen LogP contribution in [0.15, 0.2) is 52.4 Å². The number of hydrogen-bond donors (Lipinski definition) is 1. The molecule has 3 aromatic rings. The molecule has 7 nitrogen and oxygen atoms in total. The Labute approximate surface area is 197 Å². The minimum absolute atomic E-state index is 0.142. The highest BCUT2D eigenvalue weighted by Crippen LogP contribution is 2.39. The summed E-state index contributed by atoms with van der Waals surface area (Å²) in [5.41, 5.74) is 3.30. The molecule has 2 aromatic carbocycles. The number of amides is 1. The number of ether oxygens (including phenoxy) is 2. The van der Waals surface area contributed by atoms with Crippen LogP contribution in [0.1, 0.15) is 41.5 Å². The van der Waals surface area contributed by atoms with Crippen LogP contribution in [0.25, 0.3) is 0 Å². The van der Waals surface area contributed by atoms with Crippen LogP contribution in [0.3, 0.4) is 0 Å². The van der Waals surface area contributed by atoms with Gasteiger partial charge in [-0.15, -0.1) is 0 Å². The lowest BCUT2D eigenvalue weighted by molar-refractivity contribution is -0.116. The normalized spacial score (nSPS) is 15.0. The topological polar surface area (TPSA) is 82.5 Å². The number of nitrogens with zero attached hydrogens (tertiary/aromatic N) is 2. The summed E-state index contributed by atoms with van der Waals surface area (Å²) in [6.07, 6.45) is 0.164. The van der Waals surface area contributed by atoms with Gasteiger partial charge in [0.15, 0.2) is 16.7 Å². The molecule has 2 heterocycles. The molecule has 1 atom stereocenters. The summed E-state index contributed by atoms with van der Waals surface area (Å²) in [4.78, 5) is 30.2. The Morgan fingerprint density at radius 3 is 2.73 bits per heavy atom. The molecule has 0 bridgehead atoms. The summed E-state index contributed by atoms with van der Waals surface area (Å²) < 4.78 is 12.9. The van der Waals surface area contributed by atoms with E-state index in [-0.39, 0.29) is 17.9 Å². The van der Waals surface area contributed by atoms with Crippen molar-refractivity contribution in [1.82, 2.24) is 9.55 Å². The molecule has 0 aliphatic carbocycles. The van der Waals surface area contributed by atoms with Gasteiger partial charge in [0.1, 0.15) is 5.82 Å². The zero-order valence-electron chi connectivity index (χ0n) is 19.2. The smallest absolute Gasteiger partial charge is 0.279 e. The molecule has 0 unspecified atom stereocenters. The third kappa shape index (κ3) is 4.75. The van der Waals surface area contributed by atoms with Crippen LogP contribution in [0.5, 0.6) is 11.5 Å². The number of methoxy groups -OCH3 is 1. The Morgan fingerprint density at radius 1 is 1.18 bits per heavy atom. The Bertz CT molecular complexity index is 1250. The molecule has 8 heteroatoms. The first kappa shape index (κ1) is 22.9. The van der Waals surface area contributed by atoms with E-state index in [0.29, 0.717) is 40.4 Å². The Morgan fingerprint density at radius 2 is 2.00 bits per heavy atom. The van der Waals surface area contributed by atoms with E-state index < -0.39 is 5.92 Å². The van der Waals surface area contributed by atoms with Crippen molar-refractivity contribution >= 4 is 23.5 Å². The largest absolute Gasteiger partial charge is 0.493 e. The van der Waals surface area contributed by atoms with Gasteiger partial charge in [-0.25, -0.2) is 0 Å². The summed E-state index contributed by atoms with van der Waals surface area (Å²) >= 11 is 1.47. The molecule has 4 rings (SSSR count).